The second-order valence-electron chi connectivity index (χ2n) is 8.87. The van der Waals surface area contributed by atoms with Crippen molar-refractivity contribution in [3.8, 4) is 5.69 Å². The lowest BCUT2D eigenvalue weighted by Gasteiger charge is -2.41. The van der Waals surface area contributed by atoms with Crippen molar-refractivity contribution in [2.45, 2.75) is 58.0 Å². The molecule has 164 valence electrons. The quantitative estimate of drug-likeness (QED) is 0.675. The molecule has 0 saturated heterocycles. The number of nitrogens with zero attached hydrogens (tertiary/aromatic N) is 3. The van der Waals surface area contributed by atoms with Crippen LogP contribution in [0.4, 0.5) is 18.0 Å². The molecule has 0 aliphatic carbocycles. The smallest absolute Gasteiger partial charge is 0.419 e. The fourth-order valence-electron chi connectivity index (χ4n) is 3.35. The number of ether oxygens (including phenoxy) is 2. The van der Waals surface area contributed by atoms with Crippen LogP contribution in [0.2, 0.25) is 0 Å². The third-order valence-electron chi connectivity index (χ3n) is 4.97. The third-order valence-corrected chi connectivity index (χ3v) is 4.97. The lowest BCUT2D eigenvalue weighted by molar-refractivity contribution is -0.137. The first-order valence-corrected chi connectivity index (χ1v) is 9.55. The molecule has 1 aliphatic rings. The molecule has 1 aromatic heterocycles. The summed E-state index contributed by atoms with van der Waals surface area (Å²) >= 11 is 0. The number of rotatable bonds is 2. The summed E-state index contributed by atoms with van der Waals surface area (Å²) in [5.41, 5.74) is -0.0400. The maximum absolute atomic E-state index is 12.9. The van der Waals surface area contributed by atoms with E-state index in [9.17, 15) is 18.0 Å². The van der Waals surface area contributed by atoms with E-state index in [4.69, 9.17) is 9.47 Å². The molecule has 1 aliphatic heterocycles. The number of likely N-dealkylation sites (N-methyl/N-ethyl adjacent to an activating group) is 1. The number of alkyl halides is 3. The molecule has 1 unspecified atom stereocenters. The van der Waals surface area contributed by atoms with Gasteiger partial charge in [0.05, 0.1) is 35.7 Å². The summed E-state index contributed by atoms with van der Waals surface area (Å²) in [6, 6.07) is 4.84. The van der Waals surface area contributed by atoms with Gasteiger partial charge in [-0.1, -0.05) is 6.07 Å². The Morgan fingerprint density at radius 2 is 1.97 bits per heavy atom. The lowest BCUT2D eigenvalue weighted by atomic mass is 9.86. The molecule has 0 saturated carbocycles. The number of fused-ring (bicyclic) bond motifs is 1. The Balaban J connectivity index is 1.97. The predicted octanol–water partition coefficient (Wildman–Crippen LogP) is 5.06. The maximum Gasteiger partial charge on any atom is 0.419 e. The monoisotopic (exact) mass is 425 g/mol. The normalized spacial score (nSPS) is 18.6. The van der Waals surface area contributed by atoms with Crippen LogP contribution in [0.5, 0.6) is 0 Å². The van der Waals surface area contributed by atoms with Crippen molar-refractivity contribution in [2.24, 2.45) is 0 Å². The largest absolute Gasteiger partial charge is 0.444 e. The van der Waals surface area contributed by atoms with E-state index in [1.807, 2.05) is 13.8 Å². The molecule has 2 aromatic rings. The van der Waals surface area contributed by atoms with E-state index in [1.165, 1.54) is 9.58 Å². The van der Waals surface area contributed by atoms with Gasteiger partial charge in [0.15, 0.2) is 0 Å². The summed E-state index contributed by atoms with van der Waals surface area (Å²) in [5.74, 6) is 0. The number of hydrogen-bond donors (Lipinski definition) is 0. The van der Waals surface area contributed by atoms with E-state index in [1.54, 1.807) is 46.0 Å². The van der Waals surface area contributed by atoms with Crippen LogP contribution in [0.1, 0.15) is 57.4 Å². The molecule has 6 nitrogen and oxygen atoms in total. The van der Waals surface area contributed by atoms with E-state index in [2.05, 4.69) is 5.10 Å². The van der Waals surface area contributed by atoms with Crippen LogP contribution in [0.15, 0.2) is 30.6 Å². The van der Waals surface area contributed by atoms with Gasteiger partial charge in [-0.05, 0) is 57.9 Å². The molecule has 0 radical (unpaired) electrons. The molecule has 0 fully saturated rings. The second-order valence-corrected chi connectivity index (χ2v) is 8.87. The zero-order chi connectivity index (χ0) is 22.5. The van der Waals surface area contributed by atoms with E-state index < -0.39 is 29.0 Å². The Labute approximate surface area is 173 Å². The average Bonchev–Trinajstić information content (AvgIpc) is 3.10. The van der Waals surface area contributed by atoms with Crippen LogP contribution in [0, 0.1) is 0 Å². The molecule has 1 amide bonds. The minimum absolute atomic E-state index is 0.273. The minimum Gasteiger partial charge on any atom is -0.444 e. The predicted molar refractivity (Wildman–Crippen MR) is 104 cm³/mol. The van der Waals surface area contributed by atoms with Crippen LogP contribution >= 0.6 is 0 Å². The van der Waals surface area contributed by atoms with Crippen molar-refractivity contribution in [1.29, 1.82) is 0 Å². The number of carbonyl (C=O) groups is 1. The highest BCUT2D eigenvalue weighted by Crippen LogP contribution is 2.40. The molecular formula is C21H26F3N3O3. The Kier molecular flexibility index (Phi) is 5.39. The van der Waals surface area contributed by atoms with Gasteiger partial charge >= 0.3 is 12.3 Å². The van der Waals surface area contributed by atoms with E-state index >= 15 is 0 Å². The van der Waals surface area contributed by atoms with Crippen molar-refractivity contribution in [2.75, 3.05) is 13.7 Å². The first kappa shape index (κ1) is 22.1. The maximum atomic E-state index is 12.9. The van der Waals surface area contributed by atoms with Crippen LogP contribution < -0.4 is 0 Å². The lowest BCUT2D eigenvalue weighted by Crippen LogP contribution is -2.43. The van der Waals surface area contributed by atoms with Crippen molar-refractivity contribution in [1.82, 2.24) is 14.7 Å². The first-order chi connectivity index (χ1) is 13.7. The molecule has 1 aromatic carbocycles. The number of amides is 1. The summed E-state index contributed by atoms with van der Waals surface area (Å²) in [6.07, 6.45) is -3.20. The minimum atomic E-state index is -4.46. The summed E-state index contributed by atoms with van der Waals surface area (Å²) in [5, 5.41) is 3.84. The number of aromatic nitrogens is 2. The first-order valence-electron chi connectivity index (χ1n) is 9.55. The summed E-state index contributed by atoms with van der Waals surface area (Å²) in [4.78, 5) is 14.0. The number of carbonyl (C=O) groups excluding carboxylic acids is 1. The van der Waals surface area contributed by atoms with Gasteiger partial charge in [0.1, 0.15) is 5.60 Å². The molecule has 30 heavy (non-hydrogen) atoms. The zero-order valence-corrected chi connectivity index (χ0v) is 17.9. The highest BCUT2D eigenvalue weighted by atomic mass is 19.4. The van der Waals surface area contributed by atoms with Gasteiger partial charge in [-0.25, -0.2) is 9.48 Å². The van der Waals surface area contributed by atoms with Crippen molar-refractivity contribution >= 4 is 6.09 Å². The molecule has 2 heterocycles. The van der Waals surface area contributed by atoms with E-state index in [-0.39, 0.29) is 12.6 Å². The Hall–Kier alpha value is -2.55. The summed E-state index contributed by atoms with van der Waals surface area (Å²) in [7, 11) is 1.64. The van der Waals surface area contributed by atoms with Crippen molar-refractivity contribution < 1.29 is 27.4 Å². The third kappa shape index (κ3) is 4.45. The molecular weight excluding hydrogens is 399 g/mol. The van der Waals surface area contributed by atoms with Gasteiger partial charge in [-0.15, -0.1) is 0 Å². The average molecular weight is 425 g/mol. The highest BCUT2D eigenvalue weighted by molar-refractivity contribution is 5.69. The van der Waals surface area contributed by atoms with Gasteiger partial charge in [-0.3, -0.25) is 0 Å². The van der Waals surface area contributed by atoms with E-state index in [0.717, 1.165) is 23.5 Å². The van der Waals surface area contributed by atoms with Crippen LogP contribution in [0.25, 0.3) is 5.69 Å². The van der Waals surface area contributed by atoms with Gasteiger partial charge in [0.2, 0.25) is 0 Å². The highest BCUT2D eigenvalue weighted by Gasteiger charge is 2.38. The van der Waals surface area contributed by atoms with E-state index in [0.29, 0.717) is 5.69 Å². The second kappa shape index (κ2) is 7.30. The zero-order valence-electron chi connectivity index (χ0n) is 17.9. The SMILES string of the molecule is CN(C(=O)OC(C)(C)C)C1COC(C)(C)c2cc(-n3cc(C(F)(F)F)cn3)ccc21. The van der Waals surface area contributed by atoms with Crippen LogP contribution in [-0.2, 0) is 21.3 Å². The van der Waals surface area contributed by atoms with Crippen molar-refractivity contribution in [3.63, 3.8) is 0 Å². The van der Waals surface area contributed by atoms with Gasteiger partial charge < -0.3 is 14.4 Å². The number of benzene rings is 1. The molecule has 0 spiro atoms. The molecule has 3 rings (SSSR count). The molecule has 1 atom stereocenters. The molecule has 9 heteroatoms. The van der Waals surface area contributed by atoms with Gasteiger partial charge in [0.25, 0.3) is 0 Å². The standard InChI is InChI=1S/C21H26F3N3O3/c1-19(2,3)30-18(28)26(6)17-12-29-20(4,5)16-9-14(7-8-15(16)17)27-11-13(10-25-27)21(22,23)24/h7-11,17H,12H2,1-6H3. The van der Waals surface area contributed by atoms with Gasteiger partial charge in [0, 0.05) is 13.2 Å². The number of halogens is 3. The van der Waals surface area contributed by atoms with Crippen LogP contribution in [0.3, 0.4) is 0 Å². The summed E-state index contributed by atoms with van der Waals surface area (Å²) < 4.78 is 51.4. The topological polar surface area (TPSA) is 56.6 Å². The Morgan fingerprint density at radius 3 is 2.53 bits per heavy atom. The Bertz CT molecular complexity index is 945. The number of hydrogen-bond acceptors (Lipinski definition) is 4. The Morgan fingerprint density at radius 1 is 1.30 bits per heavy atom. The fourth-order valence-corrected chi connectivity index (χ4v) is 3.35. The molecule has 0 N–H and O–H groups in total. The summed E-state index contributed by atoms with van der Waals surface area (Å²) in [6.45, 7) is 9.40. The van der Waals surface area contributed by atoms with Crippen LogP contribution in [-0.4, -0.2) is 40.0 Å². The van der Waals surface area contributed by atoms with Gasteiger partial charge in [-0.2, -0.15) is 18.3 Å². The van der Waals surface area contributed by atoms with Crippen molar-refractivity contribution in [3.05, 3.63) is 47.3 Å². The fraction of sp³-hybridized carbons (Fsp3) is 0.524. The molecule has 0 bridgehead atoms.